The molecule has 0 radical (unpaired) electrons. The van der Waals surface area contributed by atoms with Gasteiger partial charge >= 0.3 is 0 Å². The Balaban J connectivity index is 1.76. The van der Waals surface area contributed by atoms with Crippen molar-refractivity contribution in [3.05, 3.63) is 73.5 Å². The minimum absolute atomic E-state index is 0.157. The maximum absolute atomic E-state index is 12.6. The third-order valence-corrected chi connectivity index (χ3v) is 5.19. The van der Waals surface area contributed by atoms with Crippen molar-refractivity contribution in [3.8, 4) is 17.1 Å². The molecule has 0 aliphatic carbocycles. The molecule has 0 saturated carbocycles. The van der Waals surface area contributed by atoms with E-state index in [1.807, 2.05) is 54.6 Å². The lowest BCUT2D eigenvalue weighted by Gasteiger charge is -1.99. The highest BCUT2D eigenvalue weighted by atomic mass is 79.9. The van der Waals surface area contributed by atoms with E-state index in [0.29, 0.717) is 15.3 Å². The van der Waals surface area contributed by atoms with Crippen molar-refractivity contribution in [2.24, 2.45) is 0 Å². The van der Waals surface area contributed by atoms with Crippen LogP contribution in [-0.4, -0.2) is 21.7 Å². The van der Waals surface area contributed by atoms with Crippen LogP contribution in [0, 0.1) is 0 Å². The molecule has 2 aromatic heterocycles. The van der Waals surface area contributed by atoms with Crippen LogP contribution in [0.25, 0.3) is 22.4 Å². The molecular weight excluding hydrogens is 402 g/mol. The smallest absolute Gasteiger partial charge is 0.291 e. The first kappa shape index (κ1) is 16.0. The number of aromatic nitrogens is 3. The van der Waals surface area contributed by atoms with Crippen molar-refractivity contribution in [2.75, 3.05) is 7.11 Å². The summed E-state index contributed by atoms with van der Waals surface area (Å²) in [6.45, 7) is 0. The fraction of sp³-hybridized carbons (Fsp3) is 0.0556. The molecule has 0 N–H and O–H groups in total. The van der Waals surface area contributed by atoms with E-state index in [0.717, 1.165) is 21.3 Å². The van der Waals surface area contributed by atoms with Crippen LogP contribution in [-0.2, 0) is 0 Å². The van der Waals surface area contributed by atoms with Crippen molar-refractivity contribution >= 4 is 38.3 Å². The van der Waals surface area contributed by atoms with Crippen LogP contribution in [0.1, 0.15) is 5.56 Å². The van der Waals surface area contributed by atoms with Gasteiger partial charge in [0.15, 0.2) is 5.82 Å². The third kappa shape index (κ3) is 3.08. The molecule has 0 spiro atoms. The first-order valence-corrected chi connectivity index (χ1v) is 9.06. The Hall–Kier alpha value is -2.51. The molecule has 0 unspecified atom stereocenters. The van der Waals surface area contributed by atoms with Crippen molar-refractivity contribution < 1.29 is 4.74 Å². The van der Waals surface area contributed by atoms with Gasteiger partial charge in [-0.1, -0.05) is 39.4 Å². The van der Waals surface area contributed by atoms with E-state index in [-0.39, 0.29) is 5.56 Å². The maximum Gasteiger partial charge on any atom is 0.291 e. The summed E-state index contributed by atoms with van der Waals surface area (Å²) in [4.78, 5) is 17.6. The fourth-order valence-corrected chi connectivity index (χ4v) is 3.58. The Morgan fingerprint density at radius 1 is 1.12 bits per heavy atom. The summed E-state index contributed by atoms with van der Waals surface area (Å²) in [5, 5.41) is 4.35. The van der Waals surface area contributed by atoms with Crippen LogP contribution in [0.5, 0.6) is 5.75 Å². The van der Waals surface area contributed by atoms with E-state index in [1.54, 1.807) is 7.11 Å². The van der Waals surface area contributed by atoms with Crippen molar-refractivity contribution in [3.63, 3.8) is 0 Å². The molecule has 0 fully saturated rings. The number of hydrogen-bond acceptors (Lipinski definition) is 5. The summed E-state index contributed by atoms with van der Waals surface area (Å²) in [7, 11) is 1.62. The van der Waals surface area contributed by atoms with Gasteiger partial charge in [0.25, 0.3) is 5.56 Å². The highest BCUT2D eigenvalue weighted by Crippen LogP contribution is 2.20. The Labute approximate surface area is 155 Å². The zero-order valence-electron chi connectivity index (χ0n) is 13.1. The highest BCUT2D eigenvalue weighted by Gasteiger charge is 2.12. The van der Waals surface area contributed by atoms with Crippen molar-refractivity contribution in [1.82, 2.24) is 14.6 Å². The minimum atomic E-state index is -0.157. The molecule has 2 heterocycles. The number of halogens is 1. The molecule has 7 heteroatoms. The van der Waals surface area contributed by atoms with Gasteiger partial charge in [-0.3, -0.25) is 4.79 Å². The number of hydrogen-bond donors (Lipinski definition) is 0. The summed E-state index contributed by atoms with van der Waals surface area (Å²) >= 11 is 4.73. The molecule has 0 bridgehead atoms. The second kappa shape index (κ2) is 6.42. The summed E-state index contributed by atoms with van der Waals surface area (Å²) in [6.07, 6.45) is 1.85. The number of fused-ring (bicyclic) bond motifs is 1. The first-order chi connectivity index (χ1) is 12.1. The largest absolute Gasteiger partial charge is 0.497 e. The molecule has 4 rings (SSSR count). The van der Waals surface area contributed by atoms with Crippen LogP contribution in [0.3, 0.4) is 0 Å². The number of rotatable bonds is 3. The summed E-state index contributed by atoms with van der Waals surface area (Å²) in [6, 6.07) is 15.2. The zero-order chi connectivity index (χ0) is 17.4. The molecule has 4 aromatic rings. The SMILES string of the molecule is COc1ccc(-c2nc3s/c(=C\c4ccc(Br)cc4)c(=O)n3n2)cc1. The Morgan fingerprint density at radius 3 is 2.48 bits per heavy atom. The van der Waals surface area contributed by atoms with Gasteiger partial charge < -0.3 is 4.74 Å². The normalized spacial score (nSPS) is 12.0. The number of ether oxygens (including phenoxy) is 1. The maximum atomic E-state index is 12.6. The monoisotopic (exact) mass is 413 g/mol. The standard InChI is InChI=1S/C18H12BrN3O2S/c1-24-14-8-4-12(5-9-14)16-20-18-22(21-16)17(23)15(25-18)10-11-2-6-13(19)7-3-11/h2-10H,1H3/b15-10-. The molecule has 5 nitrogen and oxygen atoms in total. The third-order valence-electron chi connectivity index (χ3n) is 3.70. The molecule has 0 amide bonds. The lowest BCUT2D eigenvalue weighted by atomic mass is 10.2. The van der Waals surface area contributed by atoms with E-state index in [4.69, 9.17) is 4.74 Å². The average Bonchev–Trinajstić information content (AvgIpc) is 3.17. The van der Waals surface area contributed by atoms with Crippen LogP contribution in [0.15, 0.2) is 57.8 Å². The molecule has 0 atom stereocenters. The molecular formula is C18H12BrN3O2S. The number of thiazole rings is 1. The van der Waals surface area contributed by atoms with Crippen LogP contribution in [0.4, 0.5) is 0 Å². The van der Waals surface area contributed by atoms with E-state index < -0.39 is 0 Å². The summed E-state index contributed by atoms with van der Waals surface area (Å²) < 4.78 is 8.11. The van der Waals surface area contributed by atoms with Crippen molar-refractivity contribution in [2.45, 2.75) is 0 Å². The summed E-state index contributed by atoms with van der Waals surface area (Å²) in [5.41, 5.74) is 1.64. The predicted molar refractivity (Wildman–Crippen MR) is 102 cm³/mol. The Morgan fingerprint density at radius 2 is 1.84 bits per heavy atom. The second-order valence-corrected chi connectivity index (χ2v) is 7.25. The molecule has 25 heavy (non-hydrogen) atoms. The number of methoxy groups -OCH3 is 1. The van der Waals surface area contributed by atoms with E-state index >= 15 is 0 Å². The average molecular weight is 414 g/mol. The first-order valence-electron chi connectivity index (χ1n) is 7.45. The molecule has 0 aliphatic heterocycles. The quantitative estimate of drug-likeness (QED) is 0.517. The highest BCUT2D eigenvalue weighted by molar-refractivity contribution is 9.10. The molecule has 0 saturated heterocycles. The minimum Gasteiger partial charge on any atom is -0.497 e. The molecule has 124 valence electrons. The van der Waals surface area contributed by atoms with Gasteiger partial charge in [0.1, 0.15) is 5.75 Å². The predicted octanol–water partition coefficient (Wildman–Crippen LogP) is 3.14. The van der Waals surface area contributed by atoms with Gasteiger partial charge in [-0.2, -0.15) is 9.50 Å². The fourth-order valence-electron chi connectivity index (χ4n) is 2.41. The molecule has 0 aliphatic rings. The van der Waals surface area contributed by atoms with E-state index in [1.165, 1.54) is 15.9 Å². The van der Waals surface area contributed by atoms with Gasteiger partial charge in [-0.05, 0) is 48.0 Å². The second-order valence-electron chi connectivity index (χ2n) is 5.33. The number of benzene rings is 2. The Kier molecular flexibility index (Phi) is 4.10. The van der Waals surface area contributed by atoms with E-state index in [9.17, 15) is 4.79 Å². The van der Waals surface area contributed by atoms with Crippen molar-refractivity contribution in [1.29, 1.82) is 0 Å². The van der Waals surface area contributed by atoms with Gasteiger partial charge in [-0.15, -0.1) is 5.10 Å². The van der Waals surface area contributed by atoms with Crippen LogP contribution in [0.2, 0.25) is 0 Å². The van der Waals surface area contributed by atoms with Crippen LogP contribution >= 0.6 is 27.3 Å². The lowest BCUT2D eigenvalue weighted by molar-refractivity contribution is 0.415. The Bertz CT molecular complexity index is 1150. The van der Waals surface area contributed by atoms with Gasteiger partial charge in [0, 0.05) is 10.0 Å². The summed E-state index contributed by atoms with van der Waals surface area (Å²) in [5.74, 6) is 1.29. The lowest BCUT2D eigenvalue weighted by Crippen LogP contribution is -2.23. The van der Waals surface area contributed by atoms with Gasteiger partial charge in [-0.25, -0.2) is 0 Å². The topological polar surface area (TPSA) is 56.5 Å². The van der Waals surface area contributed by atoms with Gasteiger partial charge in [0.2, 0.25) is 4.96 Å². The molecule has 2 aromatic carbocycles. The zero-order valence-corrected chi connectivity index (χ0v) is 15.5. The van der Waals surface area contributed by atoms with Crippen LogP contribution < -0.4 is 14.8 Å². The van der Waals surface area contributed by atoms with E-state index in [2.05, 4.69) is 26.0 Å². The van der Waals surface area contributed by atoms with Gasteiger partial charge in [0.05, 0.1) is 11.6 Å². The number of nitrogens with zero attached hydrogens (tertiary/aromatic N) is 3.